The Labute approximate surface area is 123 Å². The second-order valence-corrected chi connectivity index (χ2v) is 5.93. The van der Waals surface area contributed by atoms with E-state index < -0.39 is 0 Å². The Bertz CT molecular complexity index is 409. The van der Waals surface area contributed by atoms with Crippen molar-refractivity contribution < 1.29 is 0 Å². The number of rotatable bonds is 6. The van der Waals surface area contributed by atoms with Crippen LogP contribution in [0.2, 0.25) is 0 Å². The average molecular weight is 272 g/mol. The number of hydrogen-bond acceptors (Lipinski definition) is 2. The lowest BCUT2D eigenvalue weighted by Gasteiger charge is -2.47. The summed E-state index contributed by atoms with van der Waals surface area (Å²) in [5.74, 6) is 0. The van der Waals surface area contributed by atoms with Gasteiger partial charge in [-0.2, -0.15) is 0 Å². The van der Waals surface area contributed by atoms with E-state index in [2.05, 4.69) is 61.0 Å². The Hall–Kier alpha value is -1.12. The van der Waals surface area contributed by atoms with Crippen molar-refractivity contribution in [3.63, 3.8) is 0 Å². The zero-order valence-electron chi connectivity index (χ0n) is 12.9. The largest absolute Gasteiger partial charge is 0.308 e. The quantitative estimate of drug-likeness (QED) is 0.800. The van der Waals surface area contributed by atoms with Crippen LogP contribution in [0.4, 0.5) is 0 Å². The number of benzene rings is 1. The summed E-state index contributed by atoms with van der Waals surface area (Å²) in [5.41, 5.74) is 1.71. The van der Waals surface area contributed by atoms with Gasteiger partial charge in [-0.3, -0.25) is 4.90 Å². The number of nitrogens with zero attached hydrogens (tertiary/aromatic N) is 1. The first-order valence-corrected chi connectivity index (χ1v) is 7.87. The monoisotopic (exact) mass is 272 g/mol. The number of piperazine rings is 1. The van der Waals surface area contributed by atoms with E-state index in [1.54, 1.807) is 0 Å². The van der Waals surface area contributed by atoms with E-state index in [-0.39, 0.29) is 5.54 Å². The van der Waals surface area contributed by atoms with E-state index in [0.717, 1.165) is 26.1 Å². The highest BCUT2D eigenvalue weighted by atomic mass is 15.2. The average Bonchev–Trinajstić information content (AvgIpc) is 2.50. The normalized spacial score (nSPS) is 22.6. The van der Waals surface area contributed by atoms with Crippen LogP contribution in [0.5, 0.6) is 0 Å². The highest BCUT2D eigenvalue weighted by Crippen LogP contribution is 2.24. The fourth-order valence-electron chi connectivity index (χ4n) is 3.23. The summed E-state index contributed by atoms with van der Waals surface area (Å²) in [6.07, 6.45) is 5.54. The van der Waals surface area contributed by atoms with Crippen molar-refractivity contribution in [2.24, 2.45) is 0 Å². The Morgan fingerprint density at radius 1 is 1.30 bits per heavy atom. The molecule has 0 aliphatic carbocycles. The first-order chi connectivity index (χ1) is 9.73. The minimum Gasteiger partial charge on any atom is -0.308 e. The van der Waals surface area contributed by atoms with E-state index in [4.69, 9.17) is 0 Å². The minimum atomic E-state index is 0.288. The van der Waals surface area contributed by atoms with Crippen LogP contribution in [0.3, 0.4) is 0 Å². The summed E-state index contributed by atoms with van der Waals surface area (Å²) in [7, 11) is 0. The maximum absolute atomic E-state index is 3.93. The molecule has 110 valence electrons. The van der Waals surface area contributed by atoms with Gasteiger partial charge < -0.3 is 5.32 Å². The van der Waals surface area contributed by atoms with Gasteiger partial charge in [-0.15, -0.1) is 6.58 Å². The van der Waals surface area contributed by atoms with Gasteiger partial charge in [0.05, 0.1) is 0 Å². The fraction of sp³-hybridized carbons (Fsp3) is 0.556. The van der Waals surface area contributed by atoms with Gasteiger partial charge in [0.15, 0.2) is 0 Å². The Balaban J connectivity index is 2.07. The number of nitrogens with one attached hydrogen (secondary N) is 1. The zero-order valence-corrected chi connectivity index (χ0v) is 12.9. The highest BCUT2D eigenvalue weighted by molar-refractivity contribution is 5.17. The second kappa shape index (κ2) is 7.05. The molecule has 1 saturated heterocycles. The molecule has 1 aromatic rings. The summed E-state index contributed by atoms with van der Waals surface area (Å²) < 4.78 is 0. The molecule has 1 aliphatic heterocycles. The molecule has 0 aromatic heterocycles. The molecule has 1 fully saturated rings. The third-order valence-corrected chi connectivity index (χ3v) is 4.77. The Kier molecular flexibility index (Phi) is 5.38. The molecule has 0 saturated carbocycles. The van der Waals surface area contributed by atoms with Crippen LogP contribution in [-0.4, -0.2) is 36.1 Å². The lowest BCUT2D eigenvalue weighted by atomic mass is 9.87. The Morgan fingerprint density at radius 3 is 2.60 bits per heavy atom. The SMILES string of the molecule is C=CCN1CC(CC)(CC)NCC1Cc1ccccc1. The molecule has 2 rings (SSSR count). The zero-order chi connectivity index (χ0) is 14.4. The van der Waals surface area contributed by atoms with E-state index in [1.165, 1.54) is 18.4 Å². The van der Waals surface area contributed by atoms with Crippen molar-refractivity contribution in [3.8, 4) is 0 Å². The highest BCUT2D eigenvalue weighted by Gasteiger charge is 2.35. The second-order valence-electron chi connectivity index (χ2n) is 5.93. The molecule has 1 heterocycles. The van der Waals surface area contributed by atoms with Crippen molar-refractivity contribution in [1.82, 2.24) is 10.2 Å². The summed E-state index contributed by atoms with van der Waals surface area (Å²) in [5, 5.41) is 3.81. The van der Waals surface area contributed by atoms with Crippen molar-refractivity contribution in [1.29, 1.82) is 0 Å². The van der Waals surface area contributed by atoms with Gasteiger partial charge in [0.25, 0.3) is 0 Å². The van der Waals surface area contributed by atoms with Gasteiger partial charge in [0, 0.05) is 31.2 Å². The summed E-state index contributed by atoms with van der Waals surface area (Å²) in [6, 6.07) is 11.4. The van der Waals surface area contributed by atoms with Gasteiger partial charge >= 0.3 is 0 Å². The fourth-order valence-corrected chi connectivity index (χ4v) is 3.23. The van der Waals surface area contributed by atoms with E-state index in [1.807, 2.05) is 6.08 Å². The molecule has 0 radical (unpaired) electrons. The molecule has 0 bridgehead atoms. The van der Waals surface area contributed by atoms with Crippen LogP contribution < -0.4 is 5.32 Å². The lowest BCUT2D eigenvalue weighted by molar-refractivity contribution is 0.0829. The van der Waals surface area contributed by atoms with Crippen LogP contribution in [0.15, 0.2) is 43.0 Å². The summed E-state index contributed by atoms with van der Waals surface area (Å²) in [4.78, 5) is 2.60. The van der Waals surface area contributed by atoms with Crippen LogP contribution in [0.25, 0.3) is 0 Å². The summed E-state index contributed by atoms with van der Waals surface area (Å²) in [6.45, 7) is 11.7. The van der Waals surface area contributed by atoms with Crippen LogP contribution in [-0.2, 0) is 6.42 Å². The van der Waals surface area contributed by atoms with Crippen LogP contribution in [0.1, 0.15) is 32.3 Å². The maximum atomic E-state index is 3.93. The molecule has 1 N–H and O–H groups in total. The van der Waals surface area contributed by atoms with Gasteiger partial charge in [-0.25, -0.2) is 0 Å². The lowest BCUT2D eigenvalue weighted by Crippen LogP contribution is -2.64. The first-order valence-electron chi connectivity index (χ1n) is 7.87. The Morgan fingerprint density at radius 2 is 2.00 bits per heavy atom. The minimum absolute atomic E-state index is 0.288. The van der Waals surface area contributed by atoms with Gasteiger partial charge in [0.1, 0.15) is 0 Å². The molecule has 0 spiro atoms. The van der Waals surface area contributed by atoms with Crippen molar-refractivity contribution >= 4 is 0 Å². The molecule has 1 aromatic carbocycles. The molecule has 20 heavy (non-hydrogen) atoms. The molecule has 0 amide bonds. The van der Waals surface area contributed by atoms with E-state index >= 15 is 0 Å². The molecule has 1 unspecified atom stereocenters. The smallest absolute Gasteiger partial charge is 0.0304 e. The molecule has 2 heteroatoms. The predicted octanol–water partition coefficient (Wildman–Crippen LogP) is 3.25. The first kappa shape index (κ1) is 15.3. The van der Waals surface area contributed by atoms with Crippen LogP contribution in [0, 0.1) is 0 Å². The number of hydrogen-bond donors (Lipinski definition) is 1. The predicted molar refractivity (Wildman–Crippen MR) is 87.0 cm³/mol. The maximum Gasteiger partial charge on any atom is 0.0304 e. The summed E-state index contributed by atoms with van der Waals surface area (Å²) >= 11 is 0. The van der Waals surface area contributed by atoms with Crippen LogP contribution >= 0.6 is 0 Å². The van der Waals surface area contributed by atoms with Crippen molar-refractivity contribution in [2.75, 3.05) is 19.6 Å². The third-order valence-electron chi connectivity index (χ3n) is 4.77. The standard InChI is InChI=1S/C18H28N2/c1-4-12-20-15-18(5-2,6-3)19-14-17(20)13-16-10-8-7-9-11-16/h4,7-11,17,19H,1,5-6,12-15H2,2-3H3. The van der Waals surface area contributed by atoms with E-state index in [9.17, 15) is 0 Å². The third kappa shape index (κ3) is 3.50. The van der Waals surface area contributed by atoms with E-state index in [0.29, 0.717) is 6.04 Å². The van der Waals surface area contributed by atoms with Gasteiger partial charge in [0.2, 0.25) is 0 Å². The van der Waals surface area contributed by atoms with Gasteiger partial charge in [-0.05, 0) is 24.8 Å². The topological polar surface area (TPSA) is 15.3 Å². The molecular formula is C18H28N2. The molecule has 1 atom stereocenters. The van der Waals surface area contributed by atoms with Gasteiger partial charge in [-0.1, -0.05) is 50.3 Å². The molecular weight excluding hydrogens is 244 g/mol. The molecule has 1 aliphatic rings. The van der Waals surface area contributed by atoms with Crippen molar-refractivity contribution in [3.05, 3.63) is 48.6 Å². The van der Waals surface area contributed by atoms with Crippen molar-refractivity contribution in [2.45, 2.75) is 44.7 Å². The molecule has 2 nitrogen and oxygen atoms in total.